The number of fused-ring (bicyclic) bond motifs is 4. The molecular weight excluding hydrogens is 315 g/mol. The number of benzene rings is 2. The fourth-order valence-corrected chi connectivity index (χ4v) is 3.69. The lowest BCUT2D eigenvalue weighted by atomic mass is 9.94. The predicted molar refractivity (Wildman–Crippen MR) is 96.7 cm³/mol. The van der Waals surface area contributed by atoms with Gasteiger partial charge in [0.2, 0.25) is 17.6 Å². The maximum absolute atomic E-state index is 15.0. The molecule has 2 N–H and O–H groups in total. The number of alkyl halides is 1. The molecule has 2 unspecified atom stereocenters. The van der Waals surface area contributed by atoms with Gasteiger partial charge < -0.3 is 5.73 Å². The van der Waals surface area contributed by atoms with Gasteiger partial charge in [-0.2, -0.15) is 4.58 Å². The average molecular weight is 333 g/mol. The van der Waals surface area contributed by atoms with Crippen molar-refractivity contribution < 1.29 is 13.8 Å². The molecule has 4 heteroatoms. The van der Waals surface area contributed by atoms with E-state index in [4.69, 9.17) is 5.73 Å². The summed E-state index contributed by atoms with van der Waals surface area (Å²) < 4.78 is 16.7. The molecule has 0 fully saturated rings. The third kappa shape index (κ3) is 2.22. The van der Waals surface area contributed by atoms with E-state index in [-0.39, 0.29) is 5.78 Å². The minimum Gasteiger partial charge on any atom is -0.321 e. The number of nitrogens with two attached hydrogens (primary N) is 1. The van der Waals surface area contributed by atoms with E-state index < -0.39 is 12.2 Å². The molecule has 2 aromatic carbocycles. The Morgan fingerprint density at radius 3 is 2.80 bits per heavy atom. The molecular formula is C21H18FN2O+. The number of nitrogens with zero attached hydrogens (tertiary/aromatic N) is 1. The lowest BCUT2D eigenvalue weighted by molar-refractivity contribution is -0.377. The molecule has 1 aliphatic heterocycles. The number of para-hydroxylation sites is 1. The summed E-state index contributed by atoms with van der Waals surface area (Å²) in [7, 11) is 0. The van der Waals surface area contributed by atoms with Gasteiger partial charge in [0.15, 0.2) is 5.78 Å². The second-order valence-corrected chi connectivity index (χ2v) is 6.41. The van der Waals surface area contributed by atoms with Gasteiger partial charge in [0.25, 0.3) is 0 Å². The molecule has 4 rings (SSSR count). The molecule has 1 aliphatic carbocycles. The van der Waals surface area contributed by atoms with Crippen LogP contribution < -0.4 is 5.73 Å². The first-order chi connectivity index (χ1) is 12.0. The normalized spacial score (nSPS) is 18.6. The molecule has 2 aromatic rings. The Bertz CT molecular complexity index is 974. The zero-order valence-corrected chi connectivity index (χ0v) is 13.7. The number of allylic oxidation sites excluding steroid dienone is 1. The molecule has 0 spiro atoms. The molecule has 0 saturated carbocycles. The maximum atomic E-state index is 15.0. The highest BCUT2D eigenvalue weighted by Gasteiger charge is 2.46. The molecule has 25 heavy (non-hydrogen) atoms. The summed E-state index contributed by atoms with van der Waals surface area (Å²) >= 11 is 0. The smallest absolute Gasteiger partial charge is 0.234 e. The second-order valence-electron chi connectivity index (χ2n) is 6.41. The van der Waals surface area contributed by atoms with Crippen LogP contribution in [0.3, 0.4) is 0 Å². The largest absolute Gasteiger partial charge is 0.321 e. The van der Waals surface area contributed by atoms with Crippen LogP contribution in [-0.4, -0.2) is 23.1 Å². The minimum atomic E-state index is -1.20. The molecule has 1 heterocycles. The lowest BCUT2D eigenvalue weighted by Gasteiger charge is -2.12. The van der Waals surface area contributed by atoms with E-state index >= 15 is 4.39 Å². The van der Waals surface area contributed by atoms with E-state index in [1.807, 2.05) is 36.4 Å². The maximum Gasteiger partial charge on any atom is 0.234 e. The fraction of sp³-hybridized carbons (Fsp3) is 0.143. The molecule has 2 aliphatic rings. The average Bonchev–Trinajstić information content (AvgIpc) is 3.08. The number of carbonyl (C=O) groups is 1. The van der Waals surface area contributed by atoms with Crippen molar-refractivity contribution in [2.45, 2.75) is 18.6 Å². The van der Waals surface area contributed by atoms with Crippen molar-refractivity contribution in [3.63, 3.8) is 0 Å². The summed E-state index contributed by atoms with van der Waals surface area (Å²) in [5.41, 5.74) is 11.7. The van der Waals surface area contributed by atoms with Crippen LogP contribution in [0, 0.1) is 0 Å². The summed E-state index contributed by atoms with van der Waals surface area (Å²) in [6, 6.07) is 12.7. The number of hydrogen-bond acceptors (Lipinski definition) is 2. The Morgan fingerprint density at radius 1 is 1.28 bits per heavy atom. The monoisotopic (exact) mass is 333 g/mol. The van der Waals surface area contributed by atoms with Crippen LogP contribution in [0.2, 0.25) is 0 Å². The highest BCUT2D eigenvalue weighted by Crippen LogP contribution is 2.53. The van der Waals surface area contributed by atoms with E-state index in [0.717, 1.165) is 28.0 Å². The molecule has 2 atom stereocenters. The Kier molecular flexibility index (Phi) is 3.51. The number of ketones is 1. The number of carbonyl (C=O) groups excluding carboxylic acids is 1. The van der Waals surface area contributed by atoms with Crippen LogP contribution in [0.25, 0.3) is 5.57 Å². The first-order valence-corrected chi connectivity index (χ1v) is 8.16. The minimum absolute atomic E-state index is 0.195. The standard InChI is InChI=1S/C21H18FN2O/c1-3-18(25)16(23)11-12-8-9-13-15(10-12)19-14-6-4-5-7-17(14)24(2)21(19)20(13)22/h3-10,16,20H,1-2,11,23H2/q+1. The van der Waals surface area contributed by atoms with Gasteiger partial charge in [-0.25, -0.2) is 4.39 Å². The summed E-state index contributed by atoms with van der Waals surface area (Å²) in [4.78, 5) is 11.7. The highest BCUT2D eigenvalue weighted by atomic mass is 19.1. The van der Waals surface area contributed by atoms with Crippen molar-refractivity contribution in [2.24, 2.45) is 5.73 Å². The van der Waals surface area contributed by atoms with Crippen LogP contribution in [0.1, 0.15) is 28.4 Å². The van der Waals surface area contributed by atoms with E-state index in [2.05, 4.69) is 13.3 Å². The van der Waals surface area contributed by atoms with E-state index in [9.17, 15) is 4.79 Å². The topological polar surface area (TPSA) is 46.1 Å². The lowest BCUT2D eigenvalue weighted by Crippen LogP contribution is -2.31. The zero-order valence-electron chi connectivity index (χ0n) is 13.7. The van der Waals surface area contributed by atoms with Crippen molar-refractivity contribution in [1.82, 2.24) is 0 Å². The van der Waals surface area contributed by atoms with E-state index in [1.54, 1.807) is 10.6 Å². The van der Waals surface area contributed by atoms with Crippen molar-refractivity contribution in [1.29, 1.82) is 0 Å². The Labute approximate surface area is 145 Å². The Balaban J connectivity index is 1.79. The highest BCUT2D eigenvalue weighted by molar-refractivity contribution is 5.94. The van der Waals surface area contributed by atoms with Gasteiger partial charge in [0.1, 0.15) is 6.72 Å². The van der Waals surface area contributed by atoms with Gasteiger partial charge in [0, 0.05) is 11.6 Å². The van der Waals surface area contributed by atoms with E-state index in [0.29, 0.717) is 17.7 Å². The van der Waals surface area contributed by atoms with Crippen molar-refractivity contribution in [3.05, 3.63) is 83.1 Å². The second kappa shape index (κ2) is 5.60. The van der Waals surface area contributed by atoms with Gasteiger partial charge in [-0.1, -0.05) is 36.9 Å². The van der Waals surface area contributed by atoms with Crippen molar-refractivity contribution in [2.75, 3.05) is 0 Å². The van der Waals surface area contributed by atoms with Crippen LogP contribution in [0.15, 0.2) is 60.8 Å². The Morgan fingerprint density at radius 2 is 2.04 bits per heavy atom. The van der Waals surface area contributed by atoms with Crippen molar-refractivity contribution in [3.8, 4) is 0 Å². The number of halogens is 1. The van der Waals surface area contributed by atoms with Gasteiger partial charge in [0.05, 0.1) is 17.2 Å². The predicted octanol–water partition coefficient (Wildman–Crippen LogP) is 3.45. The molecule has 0 bridgehead atoms. The summed E-state index contributed by atoms with van der Waals surface area (Å²) in [6.07, 6.45) is 0.435. The zero-order chi connectivity index (χ0) is 17.7. The van der Waals surface area contributed by atoms with Crippen LogP contribution >= 0.6 is 0 Å². The first kappa shape index (κ1) is 15.7. The molecule has 3 nitrogen and oxygen atoms in total. The van der Waals surface area contributed by atoms with Crippen LogP contribution in [0.5, 0.6) is 0 Å². The third-order valence-corrected chi connectivity index (χ3v) is 4.93. The Hall–Kier alpha value is -2.85. The fourth-order valence-electron chi connectivity index (χ4n) is 3.69. The van der Waals surface area contributed by atoms with Gasteiger partial charge in [-0.15, -0.1) is 0 Å². The van der Waals surface area contributed by atoms with Gasteiger partial charge >= 0.3 is 0 Å². The van der Waals surface area contributed by atoms with Crippen molar-refractivity contribution >= 4 is 23.8 Å². The molecule has 0 aromatic heterocycles. The summed E-state index contributed by atoms with van der Waals surface area (Å²) in [5, 5.41) is 0. The summed E-state index contributed by atoms with van der Waals surface area (Å²) in [5.74, 6) is -0.195. The first-order valence-electron chi connectivity index (χ1n) is 8.16. The number of rotatable bonds is 4. The molecule has 124 valence electrons. The van der Waals surface area contributed by atoms with Gasteiger partial charge in [-0.3, -0.25) is 4.79 Å². The number of hydrogen-bond donors (Lipinski definition) is 1. The van der Waals surface area contributed by atoms with Crippen LogP contribution in [0.4, 0.5) is 10.1 Å². The summed E-state index contributed by atoms with van der Waals surface area (Å²) in [6.45, 7) is 7.49. The molecule has 0 saturated heterocycles. The SMILES string of the molecule is C=CC(=O)C(N)Cc1ccc2c(c1)C1=C(C2F)[N+](=C)c2ccccc21. The molecule has 0 amide bonds. The van der Waals surface area contributed by atoms with Gasteiger partial charge in [-0.05, 0) is 29.7 Å². The van der Waals surface area contributed by atoms with E-state index in [1.165, 1.54) is 6.08 Å². The molecule has 0 radical (unpaired) electrons. The quantitative estimate of drug-likeness (QED) is 0.688. The van der Waals surface area contributed by atoms with Crippen LogP contribution in [-0.2, 0) is 11.2 Å². The third-order valence-electron chi connectivity index (χ3n) is 4.93.